The first-order chi connectivity index (χ1) is 13.3. The summed E-state index contributed by atoms with van der Waals surface area (Å²) < 4.78 is 28.8. The average Bonchev–Trinajstić information content (AvgIpc) is 2.68. The highest BCUT2D eigenvalue weighted by Gasteiger charge is 2.19. The molecule has 6 nitrogen and oxygen atoms in total. The van der Waals surface area contributed by atoms with Crippen molar-refractivity contribution in [2.45, 2.75) is 32.9 Å². The summed E-state index contributed by atoms with van der Waals surface area (Å²) in [5, 5.41) is 2.68. The van der Waals surface area contributed by atoms with Crippen LogP contribution in [0.2, 0.25) is 0 Å². The number of rotatable bonds is 5. The summed E-state index contributed by atoms with van der Waals surface area (Å²) in [5.74, 6) is -1.71. The molecule has 1 heterocycles. The number of carbonyl (C=O) groups excluding carboxylic acids is 1. The molecule has 0 aliphatic heterocycles. The van der Waals surface area contributed by atoms with Crippen LogP contribution in [0.4, 0.5) is 8.78 Å². The molecule has 1 unspecified atom stereocenters. The maximum atomic E-state index is 14.0. The first-order valence-electron chi connectivity index (χ1n) is 8.88. The van der Waals surface area contributed by atoms with Gasteiger partial charge in [-0.1, -0.05) is 6.92 Å². The summed E-state index contributed by atoms with van der Waals surface area (Å²) in [4.78, 5) is 38.8. The molecule has 146 valence electrons. The minimum atomic E-state index is -0.778. The lowest BCUT2D eigenvalue weighted by molar-refractivity contribution is 0.0935. The highest BCUT2D eigenvalue weighted by atomic mass is 19.1. The molecule has 0 aliphatic rings. The van der Waals surface area contributed by atoms with E-state index in [0.717, 1.165) is 18.2 Å². The Morgan fingerprint density at radius 3 is 2.57 bits per heavy atom. The molecule has 3 aromatic rings. The summed E-state index contributed by atoms with van der Waals surface area (Å²) in [6, 6.07) is 6.89. The number of amides is 1. The third-order valence-electron chi connectivity index (χ3n) is 4.60. The maximum Gasteiger partial charge on any atom is 0.316 e. The number of carbonyl (C=O) groups is 1. The SMILES string of the molecule is CCC(NC(=O)c1ccc2c(c1)[nH]c(=O)c(=O)n2CC)c1cc(F)ccc1F. The number of benzene rings is 2. The van der Waals surface area contributed by atoms with Crippen LogP contribution in [0.3, 0.4) is 0 Å². The number of aromatic nitrogens is 2. The van der Waals surface area contributed by atoms with Crippen molar-refractivity contribution >= 4 is 16.9 Å². The van der Waals surface area contributed by atoms with Gasteiger partial charge in [0.05, 0.1) is 17.1 Å². The zero-order valence-corrected chi connectivity index (χ0v) is 15.4. The van der Waals surface area contributed by atoms with E-state index in [0.29, 0.717) is 24.0 Å². The smallest absolute Gasteiger partial charge is 0.316 e. The molecule has 0 spiro atoms. The van der Waals surface area contributed by atoms with Gasteiger partial charge < -0.3 is 14.9 Å². The van der Waals surface area contributed by atoms with Crippen molar-refractivity contribution in [3.8, 4) is 0 Å². The molecule has 28 heavy (non-hydrogen) atoms. The molecule has 0 saturated heterocycles. The van der Waals surface area contributed by atoms with Crippen molar-refractivity contribution in [3.63, 3.8) is 0 Å². The Balaban J connectivity index is 1.97. The third-order valence-corrected chi connectivity index (χ3v) is 4.60. The van der Waals surface area contributed by atoms with Crippen LogP contribution in [0.5, 0.6) is 0 Å². The zero-order valence-electron chi connectivity index (χ0n) is 15.4. The lowest BCUT2D eigenvalue weighted by Crippen LogP contribution is -2.36. The Morgan fingerprint density at radius 2 is 1.89 bits per heavy atom. The topological polar surface area (TPSA) is 84.0 Å². The fraction of sp³-hybridized carbons (Fsp3) is 0.250. The van der Waals surface area contributed by atoms with Crippen molar-refractivity contribution < 1.29 is 13.6 Å². The number of H-pyrrole nitrogens is 1. The number of aryl methyl sites for hydroxylation is 1. The quantitative estimate of drug-likeness (QED) is 0.661. The van der Waals surface area contributed by atoms with Crippen LogP contribution >= 0.6 is 0 Å². The van der Waals surface area contributed by atoms with Crippen LogP contribution < -0.4 is 16.4 Å². The van der Waals surface area contributed by atoms with Gasteiger partial charge in [-0.15, -0.1) is 0 Å². The zero-order chi connectivity index (χ0) is 20.4. The molecule has 8 heteroatoms. The molecule has 0 aliphatic carbocycles. The monoisotopic (exact) mass is 387 g/mol. The molecule has 1 atom stereocenters. The van der Waals surface area contributed by atoms with Crippen molar-refractivity contribution in [1.29, 1.82) is 0 Å². The predicted molar refractivity (Wildman–Crippen MR) is 101 cm³/mol. The molecule has 3 rings (SSSR count). The number of fused-ring (bicyclic) bond motifs is 1. The molecule has 1 amide bonds. The van der Waals surface area contributed by atoms with Crippen molar-refractivity contribution in [2.24, 2.45) is 0 Å². The van der Waals surface area contributed by atoms with Crippen molar-refractivity contribution in [3.05, 3.63) is 79.9 Å². The fourth-order valence-corrected chi connectivity index (χ4v) is 3.16. The molecule has 2 N–H and O–H groups in total. The Kier molecular flexibility index (Phi) is 5.39. The van der Waals surface area contributed by atoms with E-state index in [1.807, 2.05) is 0 Å². The fourth-order valence-electron chi connectivity index (χ4n) is 3.16. The second-order valence-corrected chi connectivity index (χ2v) is 6.34. The summed E-state index contributed by atoms with van der Waals surface area (Å²) in [6.45, 7) is 3.79. The predicted octanol–water partition coefficient (Wildman–Crippen LogP) is 2.87. The number of hydrogen-bond acceptors (Lipinski definition) is 3. The van der Waals surface area contributed by atoms with E-state index in [1.54, 1.807) is 19.9 Å². The molecule has 0 saturated carbocycles. The van der Waals surface area contributed by atoms with Crippen LogP contribution in [0.15, 0.2) is 46.0 Å². The van der Waals surface area contributed by atoms with Gasteiger partial charge in [0.25, 0.3) is 5.91 Å². The first-order valence-corrected chi connectivity index (χ1v) is 8.88. The summed E-state index contributed by atoms with van der Waals surface area (Å²) in [6.07, 6.45) is 0.353. The van der Waals surface area contributed by atoms with Gasteiger partial charge >= 0.3 is 11.1 Å². The van der Waals surface area contributed by atoms with E-state index in [-0.39, 0.29) is 11.1 Å². The largest absolute Gasteiger partial charge is 0.345 e. The molecule has 1 aromatic heterocycles. The minimum Gasteiger partial charge on any atom is -0.345 e. The average molecular weight is 387 g/mol. The van der Waals surface area contributed by atoms with Crippen LogP contribution in [0, 0.1) is 11.6 Å². The van der Waals surface area contributed by atoms with Gasteiger partial charge in [0.2, 0.25) is 0 Å². The molecular weight excluding hydrogens is 368 g/mol. The minimum absolute atomic E-state index is 0.0601. The van der Waals surface area contributed by atoms with Crippen LogP contribution in [0.25, 0.3) is 11.0 Å². The van der Waals surface area contributed by atoms with Gasteiger partial charge in [-0.3, -0.25) is 14.4 Å². The standard InChI is InChI=1S/C20H19F2N3O3/c1-3-15(13-10-12(21)6-7-14(13)22)23-18(26)11-5-8-17-16(9-11)24-19(27)20(28)25(17)4-2/h5-10,15H,3-4H2,1-2H3,(H,23,26)(H,24,27). The van der Waals surface area contributed by atoms with E-state index in [1.165, 1.54) is 16.7 Å². The number of nitrogens with zero attached hydrogens (tertiary/aromatic N) is 1. The summed E-state index contributed by atoms with van der Waals surface area (Å²) in [7, 11) is 0. The van der Waals surface area contributed by atoms with E-state index < -0.39 is 34.7 Å². The molecule has 2 aromatic carbocycles. The van der Waals surface area contributed by atoms with Crippen LogP contribution in [-0.4, -0.2) is 15.5 Å². The van der Waals surface area contributed by atoms with Gasteiger partial charge in [0.1, 0.15) is 11.6 Å². The Bertz CT molecular complexity index is 1170. The number of hydrogen-bond donors (Lipinski definition) is 2. The first kappa shape index (κ1) is 19.5. The second-order valence-electron chi connectivity index (χ2n) is 6.34. The molecular formula is C20H19F2N3O3. The van der Waals surface area contributed by atoms with Crippen molar-refractivity contribution in [1.82, 2.24) is 14.9 Å². The highest BCUT2D eigenvalue weighted by molar-refractivity contribution is 5.97. The van der Waals surface area contributed by atoms with Crippen molar-refractivity contribution in [2.75, 3.05) is 0 Å². The van der Waals surface area contributed by atoms with Gasteiger partial charge in [-0.2, -0.15) is 0 Å². The highest BCUT2D eigenvalue weighted by Crippen LogP contribution is 2.22. The molecule has 0 bridgehead atoms. The Labute approximate surface area is 158 Å². The normalized spacial score (nSPS) is 12.1. The van der Waals surface area contributed by atoms with E-state index >= 15 is 0 Å². The number of halogens is 2. The van der Waals surface area contributed by atoms with E-state index in [2.05, 4.69) is 10.3 Å². The Morgan fingerprint density at radius 1 is 1.14 bits per heavy atom. The molecule has 0 fully saturated rings. The van der Waals surface area contributed by atoms with Crippen LogP contribution in [-0.2, 0) is 6.54 Å². The third kappa shape index (κ3) is 3.58. The maximum absolute atomic E-state index is 14.0. The second kappa shape index (κ2) is 7.75. The van der Waals surface area contributed by atoms with Gasteiger partial charge in [-0.05, 0) is 49.7 Å². The molecule has 0 radical (unpaired) electrons. The lowest BCUT2D eigenvalue weighted by atomic mass is 10.0. The Hall–Kier alpha value is -3.29. The van der Waals surface area contributed by atoms with Gasteiger partial charge in [0, 0.05) is 17.7 Å². The lowest BCUT2D eigenvalue weighted by Gasteiger charge is -2.18. The number of aromatic amines is 1. The van der Waals surface area contributed by atoms with Crippen LogP contribution in [0.1, 0.15) is 42.2 Å². The summed E-state index contributed by atoms with van der Waals surface area (Å²) in [5.41, 5.74) is -0.333. The summed E-state index contributed by atoms with van der Waals surface area (Å²) >= 11 is 0. The van der Waals surface area contributed by atoms with Gasteiger partial charge in [0.15, 0.2) is 0 Å². The van der Waals surface area contributed by atoms with E-state index in [4.69, 9.17) is 0 Å². The van der Waals surface area contributed by atoms with Gasteiger partial charge in [-0.25, -0.2) is 8.78 Å². The number of nitrogens with one attached hydrogen (secondary N) is 2. The van der Waals surface area contributed by atoms with E-state index in [9.17, 15) is 23.2 Å².